The summed E-state index contributed by atoms with van der Waals surface area (Å²) in [6.45, 7) is 7.16. The molecular weight excluding hydrogens is 287 g/mol. The van der Waals surface area contributed by atoms with Crippen LogP contribution in [0.5, 0.6) is 5.88 Å². The summed E-state index contributed by atoms with van der Waals surface area (Å²) in [6.07, 6.45) is 0.737. The third-order valence-electron chi connectivity index (χ3n) is 2.74. The van der Waals surface area contributed by atoms with E-state index in [9.17, 15) is 0 Å². The molecule has 0 bridgehead atoms. The smallest absolute Gasteiger partial charge is 0.234 e. The number of methoxy groups -OCH3 is 1. The Kier molecular flexibility index (Phi) is 6.17. The molecule has 1 rings (SSSR count). The summed E-state index contributed by atoms with van der Waals surface area (Å²) >= 11 is 12.1. The van der Waals surface area contributed by atoms with Gasteiger partial charge in [0.2, 0.25) is 5.88 Å². The van der Waals surface area contributed by atoms with E-state index >= 15 is 0 Å². The van der Waals surface area contributed by atoms with E-state index < -0.39 is 0 Å². The van der Waals surface area contributed by atoms with Crippen molar-refractivity contribution in [3.8, 4) is 5.88 Å². The maximum atomic E-state index is 6.05. The fourth-order valence-electron chi connectivity index (χ4n) is 1.34. The van der Waals surface area contributed by atoms with Crippen LogP contribution in [0, 0.1) is 0 Å². The van der Waals surface area contributed by atoms with E-state index in [2.05, 4.69) is 10.3 Å². The minimum Gasteiger partial charge on any atom is -0.476 e. The van der Waals surface area contributed by atoms with Gasteiger partial charge in [0.05, 0.1) is 17.2 Å². The topological polar surface area (TPSA) is 43.4 Å². The van der Waals surface area contributed by atoms with Gasteiger partial charge in [-0.2, -0.15) is 4.98 Å². The number of hydrogen-bond acceptors (Lipinski definition) is 4. The lowest BCUT2D eigenvalue weighted by Crippen LogP contribution is -2.25. The number of ether oxygens (including phenoxy) is 2. The van der Waals surface area contributed by atoms with E-state index in [0.29, 0.717) is 28.3 Å². The molecule has 0 spiro atoms. The summed E-state index contributed by atoms with van der Waals surface area (Å²) in [4.78, 5) is 4.27. The maximum absolute atomic E-state index is 6.05. The van der Waals surface area contributed by atoms with Gasteiger partial charge in [-0.3, -0.25) is 0 Å². The average molecular weight is 307 g/mol. The Morgan fingerprint density at radius 3 is 2.58 bits per heavy atom. The Balaban J connectivity index is 2.70. The highest BCUT2D eigenvalue weighted by Gasteiger charge is 2.17. The molecule has 0 fully saturated rings. The first kappa shape index (κ1) is 16.3. The second-order valence-corrected chi connectivity index (χ2v) is 5.51. The van der Waals surface area contributed by atoms with Gasteiger partial charge in [0.25, 0.3) is 0 Å². The summed E-state index contributed by atoms with van der Waals surface area (Å²) in [5.41, 5.74) is -0.233. The van der Waals surface area contributed by atoms with E-state index in [4.69, 9.17) is 32.7 Å². The molecule has 0 saturated heterocycles. The zero-order chi connectivity index (χ0) is 14.5. The lowest BCUT2D eigenvalue weighted by molar-refractivity contribution is 0.00511. The quantitative estimate of drug-likeness (QED) is 0.826. The number of aromatic nitrogens is 1. The third-order valence-corrected chi connectivity index (χ3v) is 3.30. The number of halogens is 2. The van der Waals surface area contributed by atoms with Crippen LogP contribution in [0.2, 0.25) is 10.0 Å². The number of nitrogens with one attached hydrogen (secondary N) is 1. The molecule has 0 aromatic carbocycles. The largest absolute Gasteiger partial charge is 0.476 e. The molecule has 0 saturated carbocycles. The summed E-state index contributed by atoms with van der Waals surface area (Å²) in [7, 11) is 1.68. The molecule has 108 valence electrons. The van der Waals surface area contributed by atoms with Gasteiger partial charge >= 0.3 is 0 Å². The maximum Gasteiger partial charge on any atom is 0.234 e. The number of rotatable bonds is 7. The van der Waals surface area contributed by atoms with Crippen molar-refractivity contribution < 1.29 is 9.47 Å². The van der Waals surface area contributed by atoms with E-state index in [1.807, 2.05) is 20.8 Å². The van der Waals surface area contributed by atoms with Gasteiger partial charge < -0.3 is 14.8 Å². The third kappa shape index (κ3) is 5.05. The van der Waals surface area contributed by atoms with Gasteiger partial charge in [-0.05, 0) is 26.8 Å². The molecule has 1 heterocycles. The molecule has 1 N–H and O–H groups in total. The minimum absolute atomic E-state index is 0.233. The predicted molar refractivity (Wildman–Crippen MR) is 79.6 cm³/mol. The summed E-state index contributed by atoms with van der Waals surface area (Å²) in [5.74, 6) is 0.962. The van der Waals surface area contributed by atoms with Crippen LogP contribution < -0.4 is 10.1 Å². The molecule has 0 aliphatic heterocycles. The van der Waals surface area contributed by atoms with Crippen LogP contribution in [-0.4, -0.2) is 30.8 Å². The lowest BCUT2D eigenvalue weighted by Gasteiger charge is -2.22. The van der Waals surface area contributed by atoms with Crippen LogP contribution in [0.15, 0.2) is 6.07 Å². The molecule has 0 aliphatic carbocycles. The van der Waals surface area contributed by atoms with Gasteiger partial charge in [-0.1, -0.05) is 23.2 Å². The number of anilines is 1. The molecule has 0 radical (unpaired) electrons. The fraction of sp³-hybridized carbons (Fsp3) is 0.615. The van der Waals surface area contributed by atoms with Crippen LogP contribution in [0.4, 0.5) is 5.82 Å². The zero-order valence-electron chi connectivity index (χ0n) is 11.7. The van der Waals surface area contributed by atoms with Crippen molar-refractivity contribution in [2.24, 2.45) is 0 Å². The predicted octanol–water partition coefficient (Wildman–Crippen LogP) is 4.01. The van der Waals surface area contributed by atoms with Crippen LogP contribution in [0.25, 0.3) is 0 Å². The molecule has 0 amide bonds. The summed E-state index contributed by atoms with van der Waals surface area (Å²) in [5, 5.41) is 3.94. The number of pyridine rings is 1. The second kappa shape index (κ2) is 7.17. The lowest BCUT2D eigenvalue weighted by atomic mass is 10.1. The van der Waals surface area contributed by atoms with E-state index in [1.54, 1.807) is 13.2 Å². The standard InChI is InChI=1S/C13H20Cl2N2O2/c1-5-16-11-9(14)8-10(15)12(17-11)19-7-6-13(2,3)18-4/h8H,5-7H2,1-4H3,(H,16,17). The molecule has 1 aromatic heterocycles. The molecule has 1 aromatic rings. The van der Waals surface area contributed by atoms with Crippen molar-refractivity contribution in [1.82, 2.24) is 4.98 Å². The molecule has 0 unspecified atom stereocenters. The highest BCUT2D eigenvalue weighted by atomic mass is 35.5. The van der Waals surface area contributed by atoms with Gasteiger partial charge in [-0.15, -0.1) is 0 Å². The van der Waals surface area contributed by atoms with Crippen molar-refractivity contribution in [1.29, 1.82) is 0 Å². The first-order valence-corrected chi connectivity index (χ1v) is 6.93. The Bertz CT molecular complexity index is 425. The Labute approximate surface area is 124 Å². The monoisotopic (exact) mass is 306 g/mol. The minimum atomic E-state index is -0.233. The average Bonchev–Trinajstić information content (AvgIpc) is 2.35. The first-order valence-electron chi connectivity index (χ1n) is 6.17. The van der Waals surface area contributed by atoms with E-state index in [0.717, 1.165) is 13.0 Å². The van der Waals surface area contributed by atoms with Crippen LogP contribution in [0.1, 0.15) is 27.2 Å². The zero-order valence-corrected chi connectivity index (χ0v) is 13.2. The van der Waals surface area contributed by atoms with Crippen LogP contribution in [-0.2, 0) is 4.74 Å². The van der Waals surface area contributed by atoms with Crippen molar-refractivity contribution in [2.75, 3.05) is 25.6 Å². The normalized spacial score (nSPS) is 11.5. The second-order valence-electron chi connectivity index (χ2n) is 4.70. The molecular formula is C13H20Cl2N2O2. The summed E-state index contributed by atoms with van der Waals surface area (Å²) in [6, 6.07) is 1.63. The van der Waals surface area contributed by atoms with E-state index in [-0.39, 0.29) is 5.60 Å². The SMILES string of the molecule is CCNc1nc(OCCC(C)(C)OC)c(Cl)cc1Cl. The van der Waals surface area contributed by atoms with Gasteiger partial charge in [0.15, 0.2) is 0 Å². The molecule has 6 heteroatoms. The van der Waals surface area contributed by atoms with Crippen LogP contribution in [0.3, 0.4) is 0 Å². The van der Waals surface area contributed by atoms with Crippen molar-refractivity contribution >= 4 is 29.0 Å². The van der Waals surface area contributed by atoms with Gasteiger partial charge in [0.1, 0.15) is 10.8 Å². The molecule has 0 aliphatic rings. The Hall–Kier alpha value is -0.710. The first-order chi connectivity index (χ1) is 8.89. The summed E-state index contributed by atoms with van der Waals surface area (Å²) < 4.78 is 10.9. The van der Waals surface area contributed by atoms with Gasteiger partial charge in [-0.25, -0.2) is 0 Å². The van der Waals surface area contributed by atoms with Crippen molar-refractivity contribution in [3.05, 3.63) is 16.1 Å². The Morgan fingerprint density at radius 1 is 1.32 bits per heavy atom. The van der Waals surface area contributed by atoms with Crippen molar-refractivity contribution in [3.63, 3.8) is 0 Å². The van der Waals surface area contributed by atoms with Crippen LogP contribution >= 0.6 is 23.2 Å². The highest BCUT2D eigenvalue weighted by Crippen LogP contribution is 2.31. The van der Waals surface area contributed by atoms with Gasteiger partial charge in [0, 0.05) is 20.1 Å². The van der Waals surface area contributed by atoms with E-state index in [1.165, 1.54) is 0 Å². The highest BCUT2D eigenvalue weighted by molar-refractivity contribution is 6.36. The molecule has 4 nitrogen and oxygen atoms in total. The number of hydrogen-bond donors (Lipinski definition) is 1. The molecule has 0 atom stereocenters. The Morgan fingerprint density at radius 2 is 2.00 bits per heavy atom. The van der Waals surface area contributed by atoms with Crippen molar-refractivity contribution in [2.45, 2.75) is 32.8 Å². The number of nitrogens with zero attached hydrogens (tertiary/aromatic N) is 1. The fourth-order valence-corrected chi connectivity index (χ4v) is 1.82. The molecule has 19 heavy (non-hydrogen) atoms.